The fraction of sp³-hybridized carbons (Fsp3) is 0.200. The quantitative estimate of drug-likeness (QED) is 0.876. The van der Waals surface area contributed by atoms with Crippen molar-refractivity contribution in [3.63, 3.8) is 0 Å². The minimum atomic E-state index is -0.442. The van der Waals surface area contributed by atoms with E-state index in [-0.39, 0.29) is 18.0 Å². The summed E-state index contributed by atoms with van der Waals surface area (Å²) in [5, 5.41) is 12.3. The zero-order valence-electron chi connectivity index (χ0n) is 11.8. The Morgan fingerprint density at radius 1 is 1.24 bits per heavy atom. The number of aromatic hydroxyl groups is 1. The molecule has 0 fully saturated rings. The van der Waals surface area contributed by atoms with Crippen molar-refractivity contribution in [1.29, 1.82) is 0 Å². The second-order valence-electron chi connectivity index (χ2n) is 4.24. The zero-order valence-corrected chi connectivity index (χ0v) is 11.8. The van der Waals surface area contributed by atoms with E-state index in [0.717, 1.165) is 5.56 Å². The molecule has 1 aromatic carbocycles. The summed E-state index contributed by atoms with van der Waals surface area (Å²) in [5.74, 6) is 0.616. The third-order valence-electron chi connectivity index (χ3n) is 2.90. The highest BCUT2D eigenvalue weighted by Gasteiger charge is 2.12. The van der Waals surface area contributed by atoms with E-state index in [2.05, 4.69) is 10.3 Å². The van der Waals surface area contributed by atoms with Crippen molar-refractivity contribution in [2.75, 3.05) is 14.2 Å². The lowest BCUT2D eigenvalue weighted by Crippen LogP contribution is -2.23. The first-order valence-corrected chi connectivity index (χ1v) is 6.28. The Morgan fingerprint density at radius 3 is 2.67 bits per heavy atom. The number of ether oxygens (including phenoxy) is 2. The molecule has 6 heteroatoms. The molecule has 0 saturated carbocycles. The molecule has 0 unspecified atom stereocenters. The lowest BCUT2D eigenvalue weighted by molar-refractivity contribution is 0.0943. The van der Waals surface area contributed by atoms with Crippen LogP contribution < -0.4 is 14.8 Å². The van der Waals surface area contributed by atoms with E-state index in [1.807, 2.05) is 6.07 Å². The standard InChI is InChI=1S/C15H16N2O4/c1-20-12-6-5-10(8-13(12)21-2)9-17-15(19)14-11(18)4-3-7-16-14/h3-8,18H,9H2,1-2H3,(H,17,19). The molecule has 1 amide bonds. The van der Waals surface area contributed by atoms with Crippen LogP contribution in [0.5, 0.6) is 17.2 Å². The highest BCUT2D eigenvalue weighted by molar-refractivity contribution is 5.94. The van der Waals surface area contributed by atoms with Crippen LogP contribution in [0, 0.1) is 0 Å². The number of hydrogen-bond donors (Lipinski definition) is 2. The van der Waals surface area contributed by atoms with Crippen LogP contribution in [0.2, 0.25) is 0 Å². The topological polar surface area (TPSA) is 80.7 Å². The first-order chi connectivity index (χ1) is 10.2. The van der Waals surface area contributed by atoms with Crippen LogP contribution in [0.1, 0.15) is 16.1 Å². The minimum absolute atomic E-state index is 0.00187. The van der Waals surface area contributed by atoms with E-state index < -0.39 is 5.91 Å². The lowest BCUT2D eigenvalue weighted by atomic mass is 10.2. The number of nitrogens with one attached hydrogen (secondary N) is 1. The lowest BCUT2D eigenvalue weighted by Gasteiger charge is -2.10. The molecule has 0 aliphatic rings. The van der Waals surface area contributed by atoms with Crippen LogP contribution >= 0.6 is 0 Å². The molecule has 0 saturated heterocycles. The van der Waals surface area contributed by atoms with E-state index >= 15 is 0 Å². The molecule has 0 bridgehead atoms. The second kappa shape index (κ2) is 6.60. The zero-order chi connectivity index (χ0) is 15.2. The van der Waals surface area contributed by atoms with Gasteiger partial charge in [0.05, 0.1) is 14.2 Å². The third-order valence-corrected chi connectivity index (χ3v) is 2.90. The Bertz CT molecular complexity index is 643. The molecule has 0 atom stereocenters. The minimum Gasteiger partial charge on any atom is -0.505 e. The Labute approximate surface area is 122 Å². The molecule has 2 N–H and O–H groups in total. The molecule has 0 spiro atoms. The van der Waals surface area contributed by atoms with Crippen LogP contribution in [-0.4, -0.2) is 30.2 Å². The molecular weight excluding hydrogens is 272 g/mol. The fourth-order valence-electron chi connectivity index (χ4n) is 1.83. The summed E-state index contributed by atoms with van der Waals surface area (Å²) < 4.78 is 10.3. The monoisotopic (exact) mass is 288 g/mol. The van der Waals surface area contributed by atoms with Crippen LogP contribution in [0.4, 0.5) is 0 Å². The fourth-order valence-corrected chi connectivity index (χ4v) is 1.83. The molecule has 2 rings (SSSR count). The largest absolute Gasteiger partial charge is 0.505 e. The van der Waals surface area contributed by atoms with E-state index in [0.29, 0.717) is 11.5 Å². The summed E-state index contributed by atoms with van der Waals surface area (Å²) >= 11 is 0. The van der Waals surface area contributed by atoms with Gasteiger partial charge in [-0.05, 0) is 29.8 Å². The summed E-state index contributed by atoms with van der Waals surface area (Å²) in [7, 11) is 3.11. The van der Waals surface area contributed by atoms with Gasteiger partial charge in [-0.15, -0.1) is 0 Å². The Balaban J connectivity index is 2.06. The Kier molecular flexibility index (Phi) is 4.61. The van der Waals surface area contributed by atoms with Crippen LogP contribution in [0.3, 0.4) is 0 Å². The van der Waals surface area contributed by atoms with Gasteiger partial charge < -0.3 is 19.9 Å². The number of carbonyl (C=O) groups is 1. The van der Waals surface area contributed by atoms with Crippen LogP contribution in [-0.2, 0) is 6.54 Å². The first-order valence-electron chi connectivity index (χ1n) is 6.28. The van der Waals surface area contributed by atoms with Gasteiger partial charge in [-0.25, -0.2) is 4.98 Å². The van der Waals surface area contributed by atoms with E-state index in [1.165, 1.54) is 12.3 Å². The number of amides is 1. The molecule has 1 heterocycles. The number of pyridine rings is 1. The molecule has 0 aliphatic heterocycles. The molecular formula is C15H16N2O4. The van der Waals surface area contributed by atoms with E-state index in [1.54, 1.807) is 32.4 Å². The molecule has 2 aromatic rings. The van der Waals surface area contributed by atoms with Crippen molar-refractivity contribution >= 4 is 5.91 Å². The van der Waals surface area contributed by atoms with Gasteiger partial charge in [-0.2, -0.15) is 0 Å². The average Bonchev–Trinajstić information content (AvgIpc) is 2.52. The Hall–Kier alpha value is -2.76. The maximum atomic E-state index is 11.9. The van der Waals surface area contributed by atoms with Gasteiger partial charge in [0.25, 0.3) is 5.91 Å². The summed E-state index contributed by atoms with van der Waals surface area (Å²) in [5.41, 5.74) is 0.842. The Morgan fingerprint density at radius 2 is 2.00 bits per heavy atom. The van der Waals surface area contributed by atoms with Gasteiger partial charge in [0, 0.05) is 12.7 Å². The van der Waals surface area contributed by atoms with Crippen molar-refractivity contribution in [2.45, 2.75) is 6.54 Å². The average molecular weight is 288 g/mol. The maximum absolute atomic E-state index is 11.9. The smallest absolute Gasteiger partial charge is 0.273 e. The van der Waals surface area contributed by atoms with Gasteiger partial charge in [-0.3, -0.25) is 4.79 Å². The normalized spacial score (nSPS) is 10.0. The molecule has 1 aromatic heterocycles. The highest BCUT2D eigenvalue weighted by Crippen LogP contribution is 2.27. The second-order valence-corrected chi connectivity index (χ2v) is 4.24. The number of benzene rings is 1. The number of aromatic nitrogens is 1. The van der Waals surface area contributed by atoms with E-state index in [9.17, 15) is 9.90 Å². The molecule has 21 heavy (non-hydrogen) atoms. The molecule has 0 radical (unpaired) electrons. The van der Waals surface area contributed by atoms with Crippen LogP contribution in [0.15, 0.2) is 36.5 Å². The van der Waals surface area contributed by atoms with Crippen LogP contribution in [0.25, 0.3) is 0 Å². The number of hydrogen-bond acceptors (Lipinski definition) is 5. The van der Waals surface area contributed by atoms with Crippen molar-refractivity contribution in [2.24, 2.45) is 0 Å². The molecule has 6 nitrogen and oxygen atoms in total. The number of rotatable bonds is 5. The summed E-state index contributed by atoms with van der Waals surface area (Å²) in [4.78, 5) is 15.8. The predicted octanol–water partition coefficient (Wildman–Crippen LogP) is 1.73. The van der Waals surface area contributed by atoms with Crippen molar-refractivity contribution in [3.05, 3.63) is 47.8 Å². The van der Waals surface area contributed by atoms with Gasteiger partial charge in [-0.1, -0.05) is 6.07 Å². The van der Waals surface area contributed by atoms with Gasteiger partial charge in [0.1, 0.15) is 5.75 Å². The summed E-state index contributed by atoms with van der Waals surface area (Å²) in [6.07, 6.45) is 1.45. The van der Waals surface area contributed by atoms with E-state index in [4.69, 9.17) is 9.47 Å². The predicted molar refractivity (Wildman–Crippen MR) is 76.6 cm³/mol. The number of carbonyl (C=O) groups excluding carboxylic acids is 1. The third kappa shape index (κ3) is 3.42. The highest BCUT2D eigenvalue weighted by atomic mass is 16.5. The SMILES string of the molecule is COc1ccc(CNC(=O)c2ncccc2O)cc1OC. The van der Waals surface area contributed by atoms with Crippen molar-refractivity contribution in [1.82, 2.24) is 10.3 Å². The number of methoxy groups -OCH3 is 2. The van der Waals surface area contributed by atoms with Crippen molar-refractivity contribution in [3.8, 4) is 17.2 Å². The molecule has 0 aliphatic carbocycles. The summed E-state index contributed by atoms with van der Waals surface area (Å²) in [6.45, 7) is 0.287. The van der Waals surface area contributed by atoms with Gasteiger partial charge in [0.15, 0.2) is 17.2 Å². The summed E-state index contributed by atoms with van der Waals surface area (Å²) in [6, 6.07) is 8.33. The van der Waals surface area contributed by atoms with Gasteiger partial charge >= 0.3 is 0 Å². The number of nitrogens with zero attached hydrogens (tertiary/aromatic N) is 1. The molecule has 110 valence electrons. The van der Waals surface area contributed by atoms with Crippen molar-refractivity contribution < 1.29 is 19.4 Å². The van der Waals surface area contributed by atoms with Gasteiger partial charge in [0.2, 0.25) is 0 Å². The first kappa shape index (κ1) is 14.6. The maximum Gasteiger partial charge on any atom is 0.273 e.